The monoisotopic (exact) mass is 259 g/mol. The molecule has 0 radical (unpaired) electrons. The zero-order valence-corrected chi connectivity index (χ0v) is 11.4. The third-order valence-corrected chi connectivity index (χ3v) is 3.92. The number of para-hydroxylation sites is 1. The van der Waals surface area contributed by atoms with E-state index in [0.717, 1.165) is 24.3 Å². The molecule has 0 aliphatic heterocycles. The molecule has 1 atom stereocenters. The van der Waals surface area contributed by atoms with Gasteiger partial charge >= 0.3 is 0 Å². The van der Waals surface area contributed by atoms with Crippen molar-refractivity contribution in [2.75, 3.05) is 6.54 Å². The van der Waals surface area contributed by atoms with Crippen LogP contribution in [-0.4, -0.2) is 17.8 Å². The van der Waals surface area contributed by atoms with Gasteiger partial charge in [0.25, 0.3) is 0 Å². The highest BCUT2D eigenvalue weighted by molar-refractivity contribution is 5.82. The first-order chi connectivity index (χ1) is 9.29. The van der Waals surface area contributed by atoms with E-state index in [2.05, 4.69) is 18.3 Å². The van der Waals surface area contributed by atoms with Gasteiger partial charge in [0, 0.05) is 30.5 Å². The highest BCUT2D eigenvalue weighted by Gasteiger charge is 2.29. The van der Waals surface area contributed by atoms with E-state index in [1.165, 1.54) is 23.8 Å². The summed E-state index contributed by atoms with van der Waals surface area (Å²) in [6.07, 6.45) is 3.06. The van der Waals surface area contributed by atoms with Crippen LogP contribution in [0.1, 0.15) is 31.1 Å². The Bertz CT molecular complexity index is 557. The van der Waals surface area contributed by atoms with Crippen molar-refractivity contribution in [2.45, 2.75) is 38.8 Å². The molecule has 3 heteroatoms. The first kappa shape index (κ1) is 12.7. The van der Waals surface area contributed by atoms with Crippen LogP contribution in [0.15, 0.2) is 28.7 Å². The third-order valence-electron chi connectivity index (χ3n) is 3.92. The first-order valence-corrected chi connectivity index (χ1v) is 7.17. The number of benzene rings is 1. The number of aliphatic hydroxyl groups excluding tert-OH is 1. The van der Waals surface area contributed by atoms with Gasteiger partial charge in [0.05, 0.1) is 6.10 Å². The summed E-state index contributed by atoms with van der Waals surface area (Å²) in [7, 11) is 0. The van der Waals surface area contributed by atoms with Gasteiger partial charge in [-0.05, 0) is 24.8 Å². The molecule has 19 heavy (non-hydrogen) atoms. The fourth-order valence-corrected chi connectivity index (χ4v) is 2.62. The van der Waals surface area contributed by atoms with Crippen LogP contribution in [-0.2, 0) is 13.0 Å². The topological polar surface area (TPSA) is 45.4 Å². The maximum absolute atomic E-state index is 9.87. The van der Waals surface area contributed by atoms with Crippen molar-refractivity contribution in [3.8, 4) is 0 Å². The van der Waals surface area contributed by atoms with Crippen LogP contribution in [0.5, 0.6) is 0 Å². The quantitative estimate of drug-likeness (QED) is 0.838. The van der Waals surface area contributed by atoms with Gasteiger partial charge in [-0.1, -0.05) is 25.1 Å². The summed E-state index contributed by atoms with van der Waals surface area (Å²) in [6.45, 7) is 3.55. The van der Waals surface area contributed by atoms with E-state index < -0.39 is 0 Å². The first-order valence-electron chi connectivity index (χ1n) is 7.17. The third kappa shape index (κ3) is 2.67. The molecule has 0 saturated heterocycles. The molecule has 1 saturated carbocycles. The van der Waals surface area contributed by atoms with Crippen LogP contribution >= 0.6 is 0 Å². The fraction of sp³-hybridized carbons (Fsp3) is 0.500. The fourth-order valence-electron chi connectivity index (χ4n) is 2.62. The van der Waals surface area contributed by atoms with E-state index in [-0.39, 0.29) is 6.10 Å². The molecular weight excluding hydrogens is 238 g/mol. The molecule has 1 aromatic heterocycles. The molecule has 0 spiro atoms. The smallest absolute Gasteiger partial charge is 0.134 e. The molecule has 2 aromatic rings. The van der Waals surface area contributed by atoms with Gasteiger partial charge in [0.15, 0.2) is 0 Å². The Hall–Kier alpha value is -1.32. The summed E-state index contributed by atoms with van der Waals surface area (Å²) in [5, 5.41) is 14.4. The highest BCUT2D eigenvalue weighted by Crippen LogP contribution is 2.32. The summed E-state index contributed by atoms with van der Waals surface area (Å²) < 4.78 is 5.86. The zero-order chi connectivity index (χ0) is 13.2. The normalized spacial score (nSPS) is 16.9. The second-order valence-corrected chi connectivity index (χ2v) is 5.39. The molecule has 1 aliphatic carbocycles. The lowest BCUT2D eigenvalue weighted by atomic mass is 10.1. The van der Waals surface area contributed by atoms with Crippen molar-refractivity contribution >= 4 is 11.0 Å². The van der Waals surface area contributed by atoms with Crippen LogP contribution in [0.3, 0.4) is 0 Å². The van der Waals surface area contributed by atoms with Crippen LogP contribution < -0.4 is 5.32 Å². The van der Waals surface area contributed by atoms with Crippen LogP contribution in [0.25, 0.3) is 11.0 Å². The minimum absolute atomic E-state index is 0.191. The zero-order valence-electron chi connectivity index (χ0n) is 11.4. The molecule has 1 fully saturated rings. The van der Waals surface area contributed by atoms with Crippen molar-refractivity contribution in [2.24, 2.45) is 5.92 Å². The Labute approximate surface area is 113 Å². The maximum atomic E-state index is 9.87. The average molecular weight is 259 g/mol. The summed E-state index contributed by atoms with van der Waals surface area (Å²) >= 11 is 0. The highest BCUT2D eigenvalue weighted by atomic mass is 16.3. The number of furan rings is 1. The van der Waals surface area contributed by atoms with Gasteiger partial charge in [-0.15, -0.1) is 0 Å². The van der Waals surface area contributed by atoms with E-state index >= 15 is 0 Å². The number of nitrogens with one attached hydrogen (secondary N) is 1. The SMILES string of the molecule is CCc1oc2ccccc2c1CNCC(O)C1CC1. The molecule has 0 amide bonds. The van der Waals surface area contributed by atoms with Gasteiger partial charge in [-0.2, -0.15) is 0 Å². The van der Waals surface area contributed by atoms with E-state index in [4.69, 9.17) is 4.42 Å². The average Bonchev–Trinajstić information content (AvgIpc) is 3.22. The molecule has 102 valence electrons. The van der Waals surface area contributed by atoms with E-state index in [0.29, 0.717) is 12.5 Å². The Morgan fingerprint density at radius 1 is 1.37 bits per heavy atom. The van der Waals surface area contributed by atoms with E-state index in [9.17, 15) is 5.11 Å². The van der Waals surface area contributed by atoms with Crippen LogP contribution in [0.2, 0.25) is 0 Å². The molecule has 2 N–H and O–H groups in total. The number of aryl methyl sites for hydroxylation is 1. The Morgan fingerprint density at radius 3 is 2.89 bits per heavy atom. The summed E-state index contributed by atoms with van der Waals surface area (Å²) in [5.41, 5.74) is 2.19. The molecule has 1 unspecified atom stereocenters. The van der Waals surface area contributed by atoms with Crippen molar-refractivity contribution in [3.63, 3.8) is 0 Å². The minimum atomic E-state index is -0.191. The Morgan fingerprint density at radius 2 is 2.16 bits per heavy atom. The predicted octanol–water partition coefficient (Wildman–Crippen LogP) is 2.86. The van der Waals surface area contributed by atoms with Crippen molar-refractivity contribution < 1.29 is 9.52 Å². The van der Waals surface area contributed by atoms with Gasteiger partial charge in [0.1, 0.15) is 11.3 Å². The predicted molar refractivity (Wildman–Crippen MR) is 76.0 cm³/mol. The maximum Gasteiger partial charge on any atom is 0.134 e. The second-order valence-electron chi connectivity index (χ2n) is 5.39. The minimum Gasteiger partial charge on any atom is -0.461 e. The van der Waals surface area contributed by atoms with Crippen LogP contribution in [0, 0.1) is 5.92 Å². The lowest BCUT2D eigenvalue weighted by Gasteiger charge is -2.10. The molecule has 3 rings (SSSR count). The summed E-state index contributed by atoms with van der Waals surface area (Å²) in [5.74, 6) is 1.58. The van der Waals surface area contributed by atoms with E-state index in [1.807, 2.05) is 18.2 Å². The standard InChI is InChI=1S/C16H21NO2/c1-2-15-13(9-17-10-14(18)11-7-8-11)12-5-3-4-6-16(12)19-15/h3-6,11,14,17-18H,2,7-10H2,1H3. The molecule has 1 heterocycles. The Kier molecular flexibility index (Phi) is 3.58. The number of rotatable bonds is 6. The summed E-state index contributed by atoms with van der Waals surface area (Å²) in [6, 6.07) is 8.16. The molecule has 1 aromatic carbocycles. The number of fused-ring (bicyclic) bond motifs is 1. The van der Waals surface area contributed by atoms with Gasteiger partial charge in [-0.25, -0.2) is 0 Å². The van der Waals surface area contributed by atoms with Crippen molar-refractivity contribution in [3.05, 3.63) is 35.6 Å². The van der Waals surface area contributed by atoms with Gasteiger partial charge in [0.2, 0.25) is 0 Å². The number of hydrogen-bond acceptors (Lipinski definition) is 3. The molecule has 1 aliphatic rings. The number of aliphatic hydroxyl groups is 1. The van der Waals surface area contributed by atoms with Crippen molar-refractivity contribution in [1.29, 1.82) is 0 Å². The molecular formula is C16H21NO2. The van der Waals surface area contributed by atoms with Crippen LogP contribution in [0.4, 0.5) is 0 Å². The second kappa shape index (κ2) is 5.35. The Balaban J connectivity index is 1.71. The van der Waals surface area contributed by atoms with Gasteiger partial charge < -0.3 is 14.8 Å². The van der Waals surface area contributed by atoms with Crippen molar-refractivity contribution in [1.82, 2.24) is 5.32 Å². The molecule has 3 nitrogen and oxygen atoms in total. The van der Waals surface area contributed by atoms with E-state index in [1.54, 1.807) is 0 Å². The van der Waals surface area contributed by atoms with Gasteiger partial charge in [-0.3, -0.25) is 0 Å². The molecule has 0 bridgehead atoms. The lowest BCUT2D eigenvalue weighted by Crippen LogP contribution is -2.28. The summed E-state index contributed by atoms with van der Waals surface area (Å²) in [4.78, 5) is 0. The lowest BCUT2D eigenvalue weighted by molar-refractivity contribution is 0.148. The largest absolute Gasteiger partial charge is 0.461 e. The number of hydrogen-bond donors (Lipinski definition) is 2.